The highest BCUT2D eigenvalue weighted by molar-refractivity contribution is 5.06. The molecule has 1 aromatic rings. The third kappa shape index (κ3) is 2.44. The Bertz CT molecular complexity index is 225. The van der Waals surface area contributed by atoms with E-state index >= 15 is 0 Å². The summed E-state index contributed by atoms with van der Waals surface area (Å²) in [6.45, 7) is 0.574. The van der Waals surface area contributed by atoms with Gasteiger partial charge in [0.15, 0.2) is 0 Å². The minimum Gasteiger partial charge on any atom is -0.474 e. The van der Waals surface area contributed by atoms with Crippen LogP contribution in [0.4, 0.5) is 0 Å². The van der Waals surface area contributed by atoms with Crippen molar-refractivity contribution in [2.24, 2.45) is 5.73 Å². The zero-order chi connectivity index (χ0) is 8.81. The van der Waals surface area contributed by atoms with Crippen molar-refractivity contribution in [2.75, 3.05) is 13.2 Å². The molecule has 0 aliphatic carbocycles. The Labute approximate surface area is 70.2 Å². The Balaban J connectivity index is 2.53. The Morgan fingerprint density at radius 3 is 2.75 bits per heavy atom. The SMILES string of the molecule is NCc1cnc(OCCO)cn1. The molecular weight excluding hydrogens is 158 g/mol. The molecule has 12 heavy (non-hydrogen) atoms. The number of nitrogens with zero attached hydrogens (tertiary/aromatic N) is 2. The molecule has 0 radical (unpaired) electrons. The largest absolute Gasteiger partial charge is 0.474 e. The van der Waals surface area contributed by atoms with E-state index in [0.29, 0.717) is 18.1 Å². The molecule has 1 heterocycles. The fourth-order valence-electron chi connectivity index (χ4n) is 0.673. The van der Waals surface area contributed by atoms with Crippen LogP contribution >= 0.6 is 0 Å². The van der Waals surface area contributed by atoms with Crippen LogP contribution in [0.1, 0.15) is 5.69 Å². The molecule has 0 spiro atoms. The van der Waals surface area contributed by atoms with Crippen molar-refractivity contribution >= 4 is 0 Å². The lowest BCUT2D eigenvalue weighted by atomic mass is 10.5. The highest BCUT2D eigenvalue weighted by Crippen LogP contribution is 2.02. The van der Waals surface area contributed by atoms with E-state index in [1.807, 2.05) is 0 Å². The Hall–Kier alpha value is -1.20. The van der Waals surface area contributed by atoms with E-state index in [2.05, 4.69) is 9.97 Å². The second-order valence-electron chi connectivity index (χ2n) is 2.12. The van der Waals surface area contributed by atoms with Gasteiger partial charge in [-0.3, -0.25) is 4.98 Å². The molecule has 66 valence electrons. The van der Waals surface area contributed by atoms with E-state index < -0.39 is 0 Å². The van der Waals surface area contributed by atoms with Gasteiger partial charge in [0.05, 0.1) is 24.7 Å². The van der Waals surface area contributed by atoms with Gasteiger partial charge in [-0.1, -0.05) is 0 Å². The molecule has 0 bridgehead atoms. The number of rotatable bonds is 4. The van der Waals surface area contributed by atoms with Gasteiger partial charge in [0, 0.05) is 6.54 Å². The molecule has 0 aromatic carbocycles. The first kappa shape index (κ1) is 8.89. The van der Waals surface area contributed by atoms with Crippen LogP contribution in [0.5, 0.6) is 5.88 Å². The lowest BCUT2D eigenvalue weighted by Gasteiger charge is -2.01. The minimum atomic E-state index is -0.0275. The number of aromatic nitrogens is 2. The van der Waals surface area contributed by atoms with E-state index in [9.17, 15) is 0 Å². The fraction of sp³-hybridized carbons (Fsp3) is 0.429. The molecule has 1 aromatic heterocycles. The number of hydrogen-bond donors (Lipinski definition) is 2. The molecule has 0 aliphatic heterocycles. The van der Waals surface area contributed by atoms with E-state index in [0.717, 1.165) is 0 Å². The summed E-state index contributed by atoms with van der Waals surface area (Å²) in [5, 5.41) is 8.44. The first-order chi connectivity index (χ1) is 5.86. The van der Waals surface area contributed by atoms with E-state index in [1.54, 1.807) is 6.20 Å². The highest BCUT2D eigenvalue weighted by atomic mass is 16.5. The van der Waals surface area contributed by atoms with E-state index in [-0.39, 0.29) is 13.2 Å². The predicted octanol–water partition coefficient (Wildman–Crippen LogP) is -0.694. The quantitative estimate of drug-likeness (QED) is 0.623. The summed E-state index contributed by atoms with van der Waals surface area (Å²) < 4.78 is 4.99. The van der Waals surface area contributed by atoms with Crippen molar-refractivity contribution in [3.63, 3.8) is 0 Å². The number of hydrogen-bond acceptors (Lipinski definition) is 5. The number of aliphatic hydroxyl groups excluding tert-OH is 1. The van der Waals surface area contributed by atoms with Crippen molar-refractivity contribution in [2.45, 2.75) is 6.54 Å². The van der Waals surface area contributed by atoms with Crippen LogP contribution in [-0.4, -0.2) is 28.3 Å². The number of aliphatic hydroxyl groups is 1. The van der Waals surface area contributed by atoms with Crippen LogP contribution < -0.4 is 10.5 Å². The second-order valence-corrected chi connectivity index (χ2v) is 2.12. The van der Waals surface area contributed by atoms with Gasteiger partial charge in [-0.2, -0.15) is 0 Å². The van der Waals surface area contributed by atoms with Crippen molar-refractivity contribution < 1.29 is 9.84 Å². The van der Waals surface area contributed by atoms with Gasteiger partial charge >= 0.3 is 0 Å². The third-order valence-electron chi connectivity index (χ3n) is 1.23. The van der Waals surface area contributed by atoms with Gasteiger partial charge in [0.1, 0.15) is 6.61 Å². The smallest absolute Gasteiger partial charge is 0.232 e. The summed E-state index contributed by atoms with van der Waals surface area (Å²) in [7, 11) is 0. The maximum atomic E-state index is 8.44. The van der Waals surface area contributed by atoms with Crippen molar-refractivity contribution in [3.05, 3.63) is 18.1 Å². The topological polar surface area (TPSA) is 81.3 Å². The molecule has 0 aliphatic rings. The van der Waals surface area contributed by atoms with Crippen LogP contribution in [0.2, 0.25) is 0 Å². The summed E-state index contributed by atoms with van der Waals surface area (Å²) in [5.41, 5.74) is 6.03. The minimum absolute atomic E-state index is 0.0275. The molecule has 5 heteroatoms. The molecular formula is C7H11N3O2. The lowest BCUT2D eigenvalue weighted by Crippen LogP contribution is -2.05. The summed E-state index contributed by atoms with van der Waals surface area (Å²) in [4.78, 5) is 7.87. The van der Waals surface area contributed by atoms with Gasteiger partial charge in [-0.25, -0.2) is 4.98 Å². The van der Waals surface area contributed by atoms with Gasteiger partial charge < -0.3 is 15.6 Å². The summed E-state index contributed by atoms with van der Waals surface area (Å²) in [6, 6.07) is 0. The molecule has 0 fully saturated rings. The summed E-state index contributed by atoms with van der Waals surface area (Å²) in [6.07, 6.45) is 3.03. The molecule has 0 unspecified atom stereocenters. The molecule has 0 atom stereocenters. The highest BCUT2D eigenvalue weighted by Gasteiger charge is 1.95. The summed E-state index contributed by atoms with van der Waals surface area (Å²) in [5.74, 6) is 0.404. The standard InChI is InChI=1S/C7H11N3O2/c8-3-6-4-10-7(5-9-6)12-2-1-11/h4-5,11H,1-3,8H2. The Morgan fingerprint density at radius 1 is 1.42 bits per heavy atom. The summed E-state index contributed by atoms with van der Waals surface area (Å²) >= 11 is 0. The van der Waals surface area contributed by atoms with E-state index in [1.165, 1.54) is 6.20 Å². The van der Waals surface area contributed by atoms with Crippen LogP contribution in [0.3, 0.4) is 0 Å². The zero-order valence-electron chi connectivity index (χ0n) is 6.60. The number of ether oxygens (including phenoxy) is 1. The van der Waals surface area contributed by atoms with E-state index in [4.69, 9.17) is 15.6 Å². The van der Waals surface area contributed by atoms with Gasteiger partial charge in [0.25, 0.3) is 0 Å². The monoisotopic (exact) mass is 169 g/mol. The zero-order valence-corrected chi connectivity index (χ0v) is 6.60. The van der Waals surface area contributed by atoms with Crippen molar-refractivity contribution in [1.82, 2.24) is 9.97 Å². The fourth-order valence-corrected chi connectivity index (χ4v) is 0.673. The third-order valence-corrected chi connectivity index (χ3v) is 1.23. The average molecular weight is 169 g/mol. The van der Waals surface area contributed by atoms with Crippen LogP contribution in [0.25, 0.3) is 0 Å². The number of nitrogens with two attached hydrogens (primary N) is 1. The van der Waals surface area contributed by atoms with Crippen LogP contribution in [0.15, 0.2) is 12.4 Å². The molecule has 0 saturated heterocycles. The van der Waals surface area contributed by atoms with Gasteiger partial charge in [-0.15, -0.1) is 0 Å². The lowest BCUT2D eigenvalue weighted by molar-refractivity contribution is 0.196. The van der Waals surface area contributed by atoms with Crippen LogP contribution in [0, 0.1) is 0 Å². The molecule has 5 nitrogen and oxygen atoms in total. The van der Waals surface area contributed by atoms with Gasteiger partial charge in [-0.05, 0) is 0 Å². The maximum absolute atomic E-state index is 8.44. The first-order valence-electron chi connectivity index (χ1n) is 3.61. The van der Waals surface area contributed by atoms with Crippen molar-refractivity contribution in [1.29, 1.82) is 0 Å². The molecule has 0 saturated carbocycles. The second kappa shape index (κ2) is 4.63. The molecule has 3 N–H and O–H groups in total. The van der Waals surface area contributed by atoms with Gasteiger partial charge in [0.2, 0.25) is 5.88 Å². The Morgan fingerprint density at radius 2 is 2.25 bits per heavy atom. The van der Waals surface area contributed by atoms with Crippen molar-refractivity contribution in [3.8, 4) is 5.88 Å². The average Bonchev–Trinajstić information content (AvgIpc) is 2.15. The molecule has 0 amide bonds. The first-order valence-corrected chi connectivity index (χ1v) is 3.61. The predicted molar refractivity (Wildman–Crippen MR) is 42.5 cm³/mol. The van der Waals surface area contributed by atoms with Crippen LogP contribution in [-0.2, 0) is 6.54 Å². The normalized spacial score (nSPS) is 9.83. The molecule has 1 rings (SSSR count). The maximum Gasteiger partial charge on any atom is 0.232 e. The Kier molecular flexibility index (Phi) is 3.43.